The third-order valence-corrected chi connectivity index (χ3v) is 14.2. The summed E-state index contributed by atoms with van der Waals surface area (Å²) in [7, 11) is 0. The predicted octanol–water partition coefficient (Wildman–Crippen LogP) is 14.4. The first-order valence-electron chi connectivity index (χ1n) is 20.1. The van der Waals surface area contributed by atoms with E-state index in [1.54, 1.807) is 0 Å². The number of aromatic nitrogens is 2. The minimum absolute atomic E-state index is 0.0245. The van der Waals surface area contributed by atoms with Crippen molar-refractivity contribution >= 4 is 45.7 Å². The summed E-state index contributed by atoms with van der Waals surface area (Å²) < 4.78 is 0. The van der Waals surface area contributed by atoms with Gasteiger partial charge in [0, 0.05) is 11.3 Å². The van der Waals surface area contributed by atoms with E-state index in [1.807, 2.05) is 11.3 Å². The Labute approximate surface area is 340 Å². The molecule has 276 valence electrons. The smallest absolute Gasteiger partial charge is 0.108 e. The first kappa shape index (κ1) is 35.3. The zero-order chi connectivity index (χ0) is 38.6. The third-order valence-electron chi connectivity index (χ3n) is 12.9. The molecule has 10 rings (SSSR count). The van der Waals surface area contributed by atoms with Gasteiger partial charge in [-0.25, -0.2) is 9.97 Å². The number of benzene rings is 6. The second-order valence-electron chi connectivity index (χ2n) is 16.4. The van der Waals surface area contributed by atoms with Gasteiger partial charge in [-0.15, -0.1) is 11.3 Å². The van der Waals surface area contributed by atoms with Crippen LogP contribution in [0.15, 0.2) is 170 Å². The fraction of sp³-hybridized carbons (Fsp3) is 0.148. The van der Waals surface area contributed by atoms with Crippen molar-refractivity contribution in [2.75, 3.05) is 0 Å². The average molecular weight is 753 g/mol. The number of nitrogens with zero attached hydrogens (tertiary/aromatic N) is 2. The van der Waals surface area contributed by atoms with Crippen LogP contribution in [-0.4, -0.2) is 9.97 Å². The molecule has 2 aliphatic carbocycles. The summed E-state index contributed by atoms with van der Waals surface area (Å²) in [5.74, 6) is 0.432. The molecule has 57 heavy (non-hydrogen) atoms. The minimum Gasteiger partial charge on any atom is -0.247 e. The first-order valence-corrected chi connectivity index (χ1v) is 20.9. The molecular formula is C54H44N2S. The topological polar surface area (TPSA) is 25.8 Å². The van der Waals surface area contributed by atoms with E-state index in [1.165, 1.54) is 78.5 Å². The van der Waals surface area contributed by atoms with Crippen LogP contribution in [0.5, 0.6) is 0 Å². The molecule has 0 aliphatic heterocycles. The molecular weight excluding hydrogens is 709 g/mol. The molecule has 0 radical (unpaired) electrons. The van der Waals surface area contributed by atoms with Crippen LogP contribution in [0.1, 0.15) is 84.3 Å². The van der Waals surface area contributed by atoms with Crippen molar-refractivity contribution in [2.24, 2.45) is 5.41 Å². The Kier molecular flexibility index (Phi) is 8.72. The Morgan fingerprint density at radius 2 is 0.895 bits per heavy atom. The van der Waals surface area contributed by atoms with E-state index in [0.29, 0.717) is 5.92 Å². The van der Waals surface area contributed by atoms with Crippen LogP contribution in [0.25, 0.3) is 55.2 Å². The number of thiophene rings is 1. The summed E-state index contributed by atoms with van der Waals surface area (Å²) in [6.45, 7) is 7.29. The van der Waals surface area contributed by atoms with E-state index in [2.05, 4.69) is 203 Å². The highest BCUT2D eigenvalue weighted by atomic mass is 32.1. The zero-order valence-corrected chi connectivity index (χ0v) is 33.4. The van der Waals surface area contributed by atoms with E-state index in [9.17, 15) is 0 Å². The predicted molar refractivity (Wildman–Crippen MR) is 241 cm³/mol. The molecule has 2 bridgehead atoms. The summed E-state index contributed by atoms with van der Waals surface area (Å²) in [4.78, 5) is 13.6. The van der Waals surface area contributed by atoms with Gasteiger partial charge in [-0.05, 0) is 86.1 Å². The lowest BCUT2D eigenvalue weighted by atomic mass is 9.70. The fourth-order valence-electron chi connectivity index (χ4n) is 9.34. The van der Waals surface area contributed by atoms with Gasteiger partial charge in [0.1, 0.15) is 11.0 Å². The van der Waals surface area contributed by atoms with Crippen LogP contribution in [-0.2, 0) is 5.41 Å². The molecule has 2 nitrogen and oxygen atoms in total. The maximum absolute atomic E-state index is 5.63. The fourth-order valence-corrected chi connectivity index (χ4v) is 10.5. The van der Waals surface area contributed by atoms with Gasteiger partial charge in [0.15, 0.2) is 0 Å². The summed E-state index contributed by atoms with van der Waals surface area (Å²) in [6, 6.07) is 60.7. The van der Waals surface area contributed by atoms with Crippen LogP contribution in [0.3, 0.4) is 0 Å². The number of hydrogen-bond acceptors (Lipinski definition) is 3. The SMILES string of the molecule is CC12CCC(c3nc4c(-c5ccc(C=C(c6ccccc6)c6ccccc6)cc5)sc(-c5ccc(C=C(c6ccccc6)c6ccccc6)cc5)c4nc31)C2(C)C. The maximum atomic E-state index is 5.63. The van der Waals surface area contributed by atoms with Crippen LogP contribution in [0.4, 0.5) is 0 Å². The molecule has 2 aliphatic rings. The highest BCUT2D eigenvalue weighted by Gasteiger charge is 2.61. The van der Waals surface area contributed by atoms with Crippen molar-refractivity contribution in [1.29, 1.82) is 0 Å². The second-order valence-corrected chi connectivity index (χ2v) is 17.4. The molecule has 0 amide bonds. The lowest BCUT2D eigenvalue weighted by Crippen LogP contribution is -2.31. The normalized spacial score (nSPS) is 17.6. The Bertz CT molecular complexity index is 2700. The van der Waals surface area contributed by atoms with Crippen LogP contribution in [0.2, 0.25) is 0 Å². The molecule has 0 spiro atoms. The van der Waals surface area contributed by atoms with Gasteiger partial charge < -0.3 is 0 Å². The van der Waals surface area contributed by atoms with E-state index < -0.39 is 0 Å². The monoisotopic (exact) mass is 752 g/mol. The van der Waals surface area contributed by atoms with E-state index in [4.69, 9.17) is 9.97 Å². The Hall–Kier alpha value is -6.16. The molecule has 2 atom stereocenters. The van der Waals surface area contributed by atoms with Crippen LogP contribution in [0, 0.1) is 5.41 Å². The van der Waals surface area contributed by atoms with Crippen LogP contribution < -0.4 is 0 Å². The lowest BCUT2D eigenvalue weighted by molar-refractivity contribution is 0.227. The highest BCUT2D eigenvalue weighted by molar-refractivity contribution is 7.20. The Morgan fingerprint density at radius 1 is 0.509 bits per heavy atom. The van der Waals surface area contributed by atoms with Crippen molar-refractivity contribution < 1.29 is 0 Å². The zero-order valence-electron chi connectivity index (χ0n) is 32.6. The van der Waals surface area contributed by atoms with Gasteiger partial charge in [-0.2, -0.15) is 0 Å². The lowest BCUT2D eigenvalue weighted by Gasteiger charge is -2.34. The molecule has 2 unspecified atom stereocenters. The van der Waals surface area contributed by atoms with Crippen LogP contribution >= 0.6 is 11.3 Å². The van der Waals surface area contributed by atoms with Crippen molar-refractivity contribution in [2.45, 2.75) is 44.9 Å². The maximum Gasteiger partial charge on any atom is 0.108 e. The van der Waals surface area contributed by atoms with E-state index >= 15 is 0 Å². The number of fused-ring (bicyclic) bond motifs is 6. The second kappa shape index (κ2) is 14.1. The van der Waals surface area contributed by atoms with Gasteiger partial charge in [0.25, 0.3) is 0 Å². The summed E-state index contributed by atoms with van der Waals surface area (Å²) in [5.41, 5.74) is 16.5. The molecule has 3 heteroatoms. The quantitative estimate of drug-likeness (QED) is 0.144. The molecule has 1 fully saturated rings. The standard InChI is InChI=1S/C54H44N2S/c1-53(2)46-32-33-54(53,3)52-47(46)55-48-49(56-52)51(43-30-26-37(27-31-43)35-45(40-20-12-6-13-21-40)41-22-14-7-15-23-41)57-50(48)42-28-24-36(25-29-42)34-44(38-16-8-4-9-17-38)39-18-10-5-11-19-39/h4-31,34-35,46H,32-33H2,1-3H3. The van der Waals surface area contributed by atoms with Gasteiger partial charge in [0.2, 0.25) is 0 Å². The molecule has 0 saturated heterocycles. The van der Waals surface area contributed by atoms with Gasteiger partial charge >= 0.3 is 0 Å². The van der Waals surface area contributed by atoms with Gasteiger partial charge in [-0.1, -0.05) is 191 Å². The molecule has 8 aromatic rings. The molecule has 1 saturated carbocycles. The molecule has 0 N–H and O–H groups in total. The molecule has 2 heterocycles. The largest absolute Gasteiger partial charge is 0.247 e. The first-order chi connectivity index (χ1) is 27.9. The Balaban J connectivity index is 1.07. The minimum atomic E-state index is 0.0245. The number of hydrogen-bond donors (Lipinski definition) is 0. The van der Waals surface area contributed by atoms with Crippen molar-refractivity contribution in [1.82, 2.24) is 9.97 Å². The summed E-state index contributed by atoms with van der Waals surface area (Å²) in [6.07, 6.45) is 6.95. The van der Waals surface area contributed by atoms with E-state index in [0.717, 1.165) is 22.2 Å². The highest BCUT2D eigenvalue weighted by Crippen LogP contribution is 2.67. The van der Waals surface area contributed by atoms with Crippen molar-refractivity contribution in [3.63, 3.8) is 0 Å². The molecule has 2 aromatic heterocycles. The third kappa shape index (κ3) is 6.09. The van der Waals surface area contributed by atoms with Gasteiger partial charge in [-0.3, -0.25) is 0 Å². The van der Waals surface area contributed by atoms with Gasteiger partial charge in [0.05, 0.1) is 21.1 Å². The Morgan fingerprint density at radius 3 is 1.30 bits per heavy atom. The van der Waals surface area contributed by atoms with E-state index in [-0.39, 0.29) is 10.8 Å². The van der Waals surface area contributed by atoms with Crippen molar-refractivity contribution in [3.05, 3.63) is 215 Å². The molecule has 6 aromatic carbocycles. The summed E-state index contributed by atoms with van der Waals surface area (Å²) >= 11 is 1.82. The van der Waals surface area contributed by atoms with Crippen molar-refractivity contribution in [3.8, 4) is 20.9 Å². The number of rotatable bonds is 8. The average Bonchev–Trinajstić information content (AvgIpc) is 3.81. The summed E-state index contributed by atoms with van der Waals surface area (Å²) in [5, 5.41) is 0.